The first-order valence-electron chi connectivity index (χ1n) is 9.89. The van der Waals surface area contributed by atoms with Gasteiger partial charge in [0.05, 0.1) is 24.5 Å². The fraction of sp³-hybridized carbons (Fsp3) is 0.364. The van der Waals surface area contributed by atoms with Crippen LogP contribution < -0.4 is 10.6 Å². The topological polar surface area (TPSA) is 127 Å². The molecule has 1 aromatic heterocycles. The predicted octanol–water partition coefficient (Wildman–Crippen LogP) is 1.56. The van der Waals surface area contributed by atoms with E-state index in [0.717, 1.165) is 0 Å². The number of nitrogens with one attached hydrogen (secondary N) is 2. The maximum absolute atomic E-state index is 13.5. The second-order valence-electron chi connectivity index (χ2n) is 7.20. The molecule has 0 aliphatic carbocycles. The molecule has 2 amide bonds. The lowest BCUT2D eigenvalue weighted by Gasteiger charge is -2.14. The van der Waals surface area contributed by atoms with Gasteiger partial charge >= 0.3 is 5.97 Å². The fourth-order valence-electron chi connectivity index (χ4n) is 3.30. The van der Waals surface area contributed by atoms with Crippen LogP contribution in [-0.2, 0) is 21.4 Å². The van der Waals surface area contributed by atoms with Crippen LogP contribution in [0.1, 0.15) is 44.6 Å². The van der Waals surface area contributed by atoms with Crippen LogP contribution in [0.15, 0.2) is 18.2 Å². The molecule has 1 atom stereocenters. The molecule has 1 heterocycles. The number of ether oxygens (including phenoxy) is 1. The number of hydrogen-bond acceptors (Lipinski definition) is 6. The lowest BCUT2D eigenvalue weighted by molar-refractivity contribution is -0.148. The van der Waals surface area contributed by atoms with Crippen molar-refractivity contribution in [3.8, 4) is 0 Å². The summed E-state index contributed by atoms with van der Waals surface area (Å²) in [6.07, 6.45) is 0. The van der Waals surface area contributed by atoms with Crippen LogP contribution in [0.4, 0.5) is 10.1 Å². The summed E-state index contributed by atoms with van der Waals surface area (Å²) in [6, 6.07) is 2.73. The third-order valence-corrected chi connectivity index (χ3v) is 5.05. The normalized spacial score (nSPS) is 11.6. The number of rotatable bonds is 8. The van der Waals surface area contributed by atoms with Gasteiger partial charge in [-0.3, -0.25) is 14.4 Å². The van der Waals surface area contributed by atoms with Gasteiger partial charge in [-0.1, -0.05) is 0 Å². The van der Waals surface area contributed by atoms with Crippen molar-refractivity contribution in [1.29, 1.82) is 0 Å². The molecule has 0 bridgehead atoms. The van der Waals surface area contributed by atoms with Gasteiger partial charge in [-0.2, -0.15) is 0 Å². The molecular weight excluding hydrogens is 421 g/mol. The standard InChI is InChI=1S/C22H26FN3O6/c1-6-32-22(31)16(10-27)25-21(30)19(28)18-12(3)17(13(4)26(18)5)20(29)24-14-7-8-15(23)11(2)9-14/h7-9,16,27H,6,10H2,1-5H3,(H,24,29)(H,25,30)/t16-/m0/s1. The van der Waals surface area contributed by atoms with Crippen molar-refractivity contribution in [3.63, 3.8) is 0 Å². The van der Waals surface area contributed by atoms with E-state index in [1.165, 1.54) is 36.7 Å². The number of halogens is 1. The first-order chi connectivity index (χ1) is 15.0. The molecule has 0 radical (unpaired) electrons. The summed E-state index contributed by atoms with van der Waals surface area (Å²) in [7, 11) is 1.52. The molecule has 172 valence electrons. The first kappa shape index (κ1) is 24.7. The summed E-state index contributed by atoms with van der Waals surface area (Å²) in [6.45, 7) is 5.56. The Labute approximate surface area is 184 Å². The van der Waals surface area contributed by atoms with E-state index in [9.17, 15) is 28.7 Å². The Morgan fingerprint density at radius 2 is 1.84 bits per heavy atom. The van der Waals surface area contributed by atoms with Crippen LogP contribution in [0.2, 0.25) is 0 Å². The van der Waals surface area contributed by atoms with E-state index in [4.69, 9.17) is 4.74 Å². The van der Waals surface area contributed by atoms with Crippen molar-refractivity contribution in [3.05, 3.63) is 52.1 Å². The van der Waals surface area contributed by atoms with Crippen LogP contribution in [-0.4, -0.2) is 52.5 Å². The number of carbonyl (C=O) groups is 4. The van der Waals surface area contributed by atoms with E-state index in [0.29, 0.717) is 16.9 Å². The van der Waals surface area contributed by atoms with Crippen LogP contribution in [0.25, 0.3) is 0 Å². The molecule has 32 heavy (non-hydrogen) atoms. The number of anilines is 1. The summed E-state index contributed by atoms with van der Waals surface area (Å²) in [5.41, 5.74) is 1.58. The minimum absolute atomic E-state index is 0.0408. The maximum atomic E-state index is 13.5. The quantitative estimate of drug-likeness (QED) is 0.320. The number of ketones is 1. The third kappa shape index (κ3) is 5.02. The molecule has 2 aromatic rings. The Morgan fingerprint density at radius 3 is 2.41 bits per heavy atom. The number of aryl methyl sites for hydroxylation is 1. The lowest BCUT2D eigenvalue weighted by Crippen LogP contribution is -2.47. The Balaban J connectivity index is 2.30. The SMILES string of the molecule is CCOC(=O)[C@H](CO)NC(=O)C(=O)c1c(C)c(C(=O)Nc2ccc(F)c(C)c2)c(C)n1C. The molecule has 3 N–H and O–H groups in total. The summed E-state index contributed by atoms with van der Waals surface area (Å²) in [4.78, 5) is 49.9. The molecule has 0 fully saturated rings. The number of nitrogens with zero attached hydrogens (tertiary/aromatic N) is 1. The highest BCUT2D eigenvalue weighted by atomic mass is 19.1. The Morgan fingerprint density at radius 1 is 1.19 bits per heavy atom. The molecule has 1 aromatic carbocycles. The average molecular weight is 447 g/mol. The van der Waals surface area contributed by atoms with Crippen LogP contribution in [0.5, 0.6) is 0 Å². The molecule has 0 aliphatic heterocycles. The van der Waals surface area contributed by atoms with Crippen molar-refractivity contribution in [2.24, 2.45) is 7.05 Å². The molecule has 2 rings (SSSR count). The van der Waals surface area contributed by atoms with Crippen LogP contribution >= 0.6 is 0 Å². The van der Waals surface area contributed by atoms with Gasteiger partial charge in [-0.05, 0) is 57.0 Å². The van der Waals surface area contributed by atoms with E-state index >= 15 is 0 Å². The summed E-state index contributed by atoms with van der Waals surface area (Å²) in [5, 5.41) is 14.1. The zero-order valence-electron chi connectivity index (χ0n) is 18.5. The summed E-state index contributed by atoms with van der Waals surface area (Å²) < 4.78 is 19.6. The molecule has 9 nitrogen and oxygen atoms in total. The van der Waals surface area contributed by atoms with Gasteiger partial charge in [0.1, 0.15) is 5.82 Å². The van der Waals surface area contributed by atoms with Crippen LogP contribution in [0, 0.1) is 26.6 Å². The molecule has 0 unspecified atom stereocenters. The number of aliphatic hydroxyl groups is 1. The van der Waals surface area contributed by atoms with Crippen molar-refractivity contribution < 1.29 is 33.4 Å². The Kier molecular flexibility index (Phi) is 7.87. The van der Waals surface area contributed by atoms with E-state index in [1.807, 2.05) is 0 Å². The number of aromatic nitrogens is 1. The first-order valence-corrected chi connectivity index (χ1v) is 9.89. The number of amides is 2. The predicted molar refractivity (Wildman–Crippen MR) is 114 cm³/mol. The van der Waals surface area contributed by atoms with Gasteiger partial charge in [0.2, 0.25) is 0 Å². The molecular formula is C22H26FN3O6. The second kappa shape index (κ2) is 10.2. The minimum Gasteiger partial charge on any atom is -0.464 e. The number of Topliss-reactive ketones (excluding diaryl/α,β-unsaturated/α-hetero) is 1. The molecule has 0 saturated carbocycles. The zero-order chi connectivity index (χ0) is 24.2. The maximum Gasteiger partial charge on any atom is 0.331 e. The van der Waals surface area contributed by atoms with E-state index in [-0.39, 0.29) is 23.4 Å². The molecule has 10 heteroatoms. The third-order valence-electron chi connectivity index (χ3n) is 5.05. The second-order valence-corrected chi connectivity index (χ2v) is 7.20. The summed E-state index contributed by atoms with van der Waals surface area (Å²) >= 11 is 0. The van der Waals surface area contributed by atoms with Gasteiger partial charge < -0.3 is 25.0 Å². The Hall–Kier alpha value is -3.53. The lowest BCUT2D eigenvalue weighted by atomic mass is 10.1. The van der Waals surface area contributed by atoms with Gasteiger partial charge in [0, 0.05) is 18.4 Å². The highest BCUT2D eigenvalue weighted by molar-refractivity contribution is 6.43. The molecule has 0 saturated heterocycles. The van der Waals surface area contributed by atoms with Crippen molar-refractivity contribution in [2.45, 2.75) is 33.7 Å². The summed E-state index contributed by atoms with van der Waals surface area (Å²) in [5.74, 6) is -3.90. The van der Waals surface area contributed by atoms with E-state index in [1.54, 1.807) is 20.8 Å². The van der Waals surface area contributed by atoms with Gasteiger partial charge in [0.25, 0.3) is 17.6 Å². The van der Waals surface area contributed by atoms with E-state index < -0.39 is 42.0 Å². The number of hydrogen-bond donors (Lipinski definition) is 3. The van der Waals surface area contributed by atoms with Crippen molar-refractivity contribution >= 4 is 29.3 Å². The largest absolute Gasteiger partial charge is 0.464 e. The van der Waals surface area contributed by atoms with Gasteiger partial charge in [-0.25, -0.2) is 9.18 Å². The molecule has 0 aliphatic rings. The highest BCUT2D eigenvalue weighted by Gasteiger charge is 2.31. The smallest absolute Gasteiger partial charge is 0.331 e. The minimum atomic E-state index is -1.39. The van der Waals surface area contributed by atoms with Gasteiger partial charge in [0.15, 0.2) is 6.04 Å². The zero-order valence-corrected chi connectivity index (χ0v) is 18.5. The monoisotopic (exact) mass is 447 g/mol. The molecule has 0 spiro atoms. The number of aliphatic hydroxyl groups excluding tert-OH is 1. The van der Waals surface area contributed by atoms with Crippen LogP contribution in [0.3, 0.4) is 0 Å². The average Bonchev–Trinajstić information content (AvgIpc) is 2.96. The van der Waals surface area contributed by atoms with E-state index in [2.05, 4.69) is 10.6 Å². The van der Waals surface area contributed by atoms with Gasteiger partial charge in [-0.15, -0.1) is 0 Å². The Bertz CT molecular complexity index is 1080. The van der Waals surface area contributed by atoms with Crippen molar-refractivity contribution in [2.75, 3.05) is 18.5 Å². The number of carbonyl (C=O) groups excluding carboxylic acids is 4. The highest BCUT2D eigenvalue weighted by Crippen LogP contribution is 2.24. The number of esters is 1. The number of benzene rings is 1. The van der Waals surface area contributed by atoms with Crippen molar-refractivity contribution in [1.82, 2.24) is 9.88 Å². The fourth-order valence-corrected chi connectivity index (χ4v) is 3.30.